The van der Waals surface area contributed by atoms with Crippen LogP contribution in [0.1, 0.15) is 39.5 Å². The van der Waals surface area contributed by atoms with Crippen molar-refractivity contribution < 1.29 is 19.2 Å². The Morgan fingerprint density at radius 3 is 1.33 bits per heavy atom. The van der Waals surface area contributed by atoms with Crippen LogP contribution in [0.5, 0.6) is 0 Å². The molecule has 0 amide bonds. The maximum atomic E-state index is 7.33. The maximum absolute atomic E-state index is 7.33. The molecule has 4 nitrogen and oxygen atoms in total. The molecule has 0 aromatic heterocycles. The van der Waals surface area contributed by atoms with Gasteiger partial charge in [0.05, 0.1) is 0 Å². The SMILES string of the molecule is CCC[CH2][Sn][CH2]CCC.O[Si](O)(O)O.[Sn]. The predicted octanol–water partition coefficient (Wildman–Crippen LogP) is 0.138. The Hall–Kier alpha value is 1.65. The van der Waals surface area contributed by atoms with Crippen molar-refractivity contribution in [3.8, 4) is 0 Å². The fourth-order valence-electron chi connectivity index (χ4n) is 0.729. The summed E-state index contributed by atoms with van der Waals surface area (Å²) in [5, 5.41) is 0. The van der Waals surface area contributed by atoms with E-state index in [1.807, 2.05) is 0 Å². The Kier molecular flexibility index (Phi) is 22.8. The second kappa shape index (κ2) is 15.7. The topological polar surface area (TPSA) is 80.9 Å². The maximum Gasteiger partial charge on any atom is 0.668 e. The van der Waals surface area contributed by atoms with E-state index < -0.39 is 9.05 Å². The molecule has 0 saturated heterocycles. The van der Waals surface area contributed by atoms with Crippen molar-refractivity contribution in [1.29, 1.82) is 0 Å². The van der Waals surface area contributed by atoms with Crippen molar-refractivity contribution in [2.45, 2.75) is 48.4 Å². The van der Waals surface area contributed by atoms with Crippen LogP contribution in [0.2, 0.25) is 8.87 Å². The monoisotopic (exact) mass is 450 g/mol. The van der Waals surface area contributed by atoms with Crippen molar-refractivity contribution in [3.63, 3.8) is 0 Å². The zero-order valence-electron chi connectivity index (χ0n) is 9.53. The summed E-state index contributed by atoms with van der Waals surface area (Å²) >= 11 is 0.149. The molecule has 0 aliphatic rings. The van der Waals surface area contributed by atoms with Crippen LogP contribution in [0.4, 0.5) is 0 Å². The van der Waals surface area contributed by atoms with E-state index in [0.717, 1.165) is 0 Å². The third kappa shape index (κ3) is 49.8. The Labute approximate surface area is 121 Å². The summed E-state index contributed by atoms with van der Waals surface area (Å²) in [5.41, 5.74) is 0. The molecular weight excluding hydrogens is 426 g/mol. The van der Waals surface area contributed by atoms with Crippen LogP contribution < -0.4 is 0 Å². The van der Waals surface area contributed by atoms with Gasteiger partial charge in [0.1, 0.15) is 0 Å². The molecule has 0 atom stereocenters. The van der Waals surface area contributed by atoms with Gasteiger partial charge in [0.2, 0.25) is 0 Å². The molecule has 0 aromatic rings. The molecule has 6 radical (unpaired) electrons. The van der Waals surface area contributed by atoms with E-state index in [-0.39, 0.29) is 45.0 Å². The summed E-state index contributed by atoms with van der Waals surface area (Å²) in [4.78, 5) is 29.3. The van der Waals surface area contributed by atoms with Gasteiger partial charge in [-0.1, -0.05) is 0 Å². The summed E-state index contributed by atoms with van der Waals surface area (Å²) in [6, 6.07) is 0. The Balaban J connectivity index is -0.000000208. The zero-order chi connectivity index (χ0) is 11.4. The first kappa shape index (κ1) is 21.9. The van der Waals surface area contributed by atoms with Gasteiger partial charge in [-0.15, -0.1) is 0 Å². The molecule has 0 rings (SSSR count). The predicted molar refractivity (Wildman–Crippen MR) is 65.6 cm³/mol. The molecule has 0 fully saturated rings. The standard InChI is InChI=1S/2C4H9.H4O4Si.2Sn/c2*1-3-4-2;1-5(2,3)4;;/h2*1,3-4H2,2H3;1-4H;;. The van der Waals surface area contributed by atoms with E-state index in [0.29, 0.717) is 0 Å². The fourth-order valence-corrected chi connectivity index (χ4v) is 4.89. The minimum atomic E-state index is -4.61. The third-order valence-corrected chi connectivity index (χ3v) is 5.45. The molecular formula is C8H22O4SiSn2. The molecule has 90 valence electrons. The van der Waals surface area contributed by atoms with Gasteiger partial charge in [0.15, 0.2) is 0 Å². The molecule has 4 N–H and O–H groups in total. The number of rotatable bonds is 6. The summed E-state index contributed by atoms with van der Waals surface area (Å²) in [7, 11) is -4.61. The molecule has 0 bridgehead atoms. The molecule has 0 aliphatic carbocycles. The van der Waals surface area contributed by atoms with Crippen molar-refractivity contribution in [3.05, 3.63) is 0 Å². The summed E-state index contributed by atoms with van der Waals surface area (Å²) in [6.07, 6.45) is 5.84. The average Bonchev–Trinajstić information content (AvgIpc) is 2.01. The fraction of sp³-hybridized carbons (Fsp3) is 1.00. The molecule has 0 aliphatic heterocycles. The third-order valence-electron chi connectivity index (χ3n) is 1.41. The largest absolute Gasteiger partial charge is 0.668 e. The first-order chi connectivity index (χ1) is 6.41. The van der Waals surface area contributed by atoms with Crippen molar-refractivity contribution >= 4 is 54.1 Å². The van der Waals surface area contributed by atoms with Gasteiger partial charge in [0, 0.05) is 23.9 Å². The Bertz CT molecular complexity index is 99.3. The normalized spacial score (nSPS) is 10.0. The van der Waals surface area contributed by atoms with E-state index in [1.54, 1.807) is 8.87 Å². The van der Waals surface area contributed by atoms with Crippen LogP contribution in [-0.2, 0) is 0 Å². The molecule has 0 saturated carbocycles. The zero-order valence-corrected chi connectivity index (χ0v) is 16.2. The van der Waals surface area contributed by atoms with E-state index in [1.165, 1.54) is 25.7 Å². The quantitative estimate of drug-likeness (QED) is 0.345. The second-order valence-corrected chi connectivity index (χ2v) is 8.54. The van der Waals surface area contributed by atoms with Gasteiger partial charge in [0.25, 0.3) is 0 Å². The Morgan fingerprint density at radius 1 is 0.867 bits per heavy atom. The number of unbranched alkanes of at least 4 members (excludes halogenated alkanes) is 2. The van der Waals surface area contributed by atoms with Gasteiger partial charge in [-0.25, -0.2) is 0 Å². The minimum Gasteiger partial charge on any atom is -0.368 e. The van der Waals surface area contributed by atoms with Crippen LogP contribution in [0, 0.1) is 0 Å². The summed E-state index contributed by atoms with van der Waals surface area (Å²) in [6.45, 7) is 4.58. The van der Waals surface area contributed by atoms with Gasteiger partial charge in [-0.05, 0) is 0 Å². The van der Waals surface area contributed by atoms with E-state index in [4.69, 9.17) is 19.2 Å². The minimum absolute atomic E-state index is 0. The van der Waals surface area contributed by atoms with Crippen LogP contribution >= 0.6 is 0 Å². The van der Waals surface area contributed by atoms with E-state index >= 15 is 0 Å². The van der Waals surface area contributed by atoms with Crippen molar-refractivity contribution in [2.24, 2.45) is 0 Å². The van der Waals surface area contributed by atoms with Gasteiger partial charge < -0.3 is 19.2 Å². The van der Waals surface area contributed by atoms with Crippen LogP contribution in [0.25, 0.3) is 0 Å². The number of hydrogen-bond donors (Lipinski definition) is 4. The smallest absolute Gasteiger partial charge is 0.368 e. The molecule has 0 spiro atoms. The Morgan fingerprint density at radius 2 is 1.13 bits per heavy atom. The molecule has 0 unspecified atom stereocenters. The van der Waals surface area contributed by atoms with Gasteiger partial charge in [-0.2, -0.15) is 0 Å². The molecule has 0 heterocycles. The number of hydrogen-bond acceptors (Lipinski definition) is 4. The summed E-state index contributed by atoms with van der Waals surface area (Å²) < 4.78 is 3.25. The van der Waals surface area contributed by atoms with Crippen molar-refractivity contribution in [2.75, 3.05) is 0 Å². The first-order valence-corrected chi connectivity index (χ1v) is 10.8. The van der Waals surface area contributed by atoms with E-state index in [9.17, 15) is 0 Å². The molecule has 15 heavy (non-hydrogen) atoms. The average molecular weight is 448 g/mol. The van der Waals surface area contributed by atoms with Gasteiger partial charge in [-0.3, -0.25) is 0 Å². The van der Waals surface area contributed by atoms with E-state index in [2.05, 4.69) is 13.8 Å². The van der Waals surface area contributed by atoms with Gasteiger partial charge >= 0.3 is 78.6 Å². The molecule has 7 heteroatoms. The van der Waals surface area contributed by atoms with Crippen LogP contribution in [0.3, 0.4) is 0 Å². The molecule has 0 aromatic carbocycles. The summed E-state index contributed by atoms with van der Waals surface area (Å²) in [5.74, 6) is 0. The van der Waals surface area contributed by atoms with Crippen molar-refractivity contribution in [1.82, 2.24) is 0 Å². The first-order valence-electron chi connectivity index (χ1n) is 5.02. The van der Waals surface area contributed by atoms with Crippen LogP contribution in [-0.4, -0.2) is 73.3 Å². The van der Waals surface area contributed by atoms with Crippen LogP contribution in [0.15, 0.2) is 0 Å². The second-order valence-electron chi connectivity index (χ2n) is 3.06.